The lowest BCUT2D eigenvalue weighted by molar-refractivity contribution is -0.114. The number of nitrogens with two attached hydrogens (primary N) is 1. The molecule has 0 spiro atoms. The first-order valence-corrected chi connectivity index (χ1v) is 12.9. The number of aromatic hydroxyl groups is 1. The Morgan fingerprint density at radius 1 is 1.08 bits per heavy atom. The van der Waals surface area contributed by atoms with Crippen LogP contribution in [0.15, 0.2) is 53.2 Å². The van der Waals surface area contributed by atoms with Crippen LogP contribution in [0.3, 0.4) is 0 Å². The number of likely N-dealkylation sites (N-methyl/N-ethyl adjacent to an activating group) is 1. The Bertz CT molecular complexity index is 1290. The minimum atomic E-state index is -0.641. The molecular formula is C27H30N6O2S. The fourth-order valence-corrected chi connectivity index (χ4v) is 5.19. The fraction of sp³-hybridized carbons (Fsp3) is 0.259. The van der Waals surface area contributed by atoms with E-state index in [0.717, 1.165) is 36.8 Å². The Kier molecular flexibility index (Phi) is 7.49. The van der Waals surface area contributed by atoms with Crippen LogP contribution in [0.1, 0.15) is 43.7 Å². The molecule has 1 aliphatic rings. The summed E-state index contributed by atoms with van der Waals surface area (Å²) in [7, 11) is 0. The van der Waals surface area contributed by atoms with E-state index in [2.05, 4.69) is 5.32 Å². The van der Waals surface area contributed by atoms with Crippen LogP contribution in [0.5, 0.6) is 5.75 Å². The first kappa shape index (κ1) is 25.1. The molecule has 0 bridgehead atoms. The minimum absolute atomic E-state index is 0.0910. The summed E-state index contributed by atoms with van der Waals surface area (Å²) in [5.41, 5.74) is 9.85. The third kappa shape index (κ3) is 5.01. The lowest BCUT2D eigenvalue weighted by Gasteiger charge is -2.26. The lowest BCUT2D eigenvalue weighted by Crippen LogP contribution is -2.46. The van der Waals surface area contributed by atoms with Gasteiger partial charge in [0.15, 0.2) is 5.84 Å². The van der Waals surface area contributed by atoms with Crippen molar-refractivity contribution in [3.05, 3.63) is 64.4 Å². The van der Waals surface area contributed by atoms with E-state index in [0.29, 0.717) is 23.5 Å². The van der Waals surface area contributed by atoms with Crippen molar-refractivity contribution in [2.75, 3.05) is 17.2 Å². The molecular weight excluding hydrogens is 472 g/mol. The van der Waals surface area contributed by atoms with Gasteiger partial charge in [-0.1, -0.05) is 25.0 Å². The summed E-state index contributed by atoms with van der Waals surface area (Å²) in [6.07, 6.45) is 3.95. The van der Waals surface area contributed by atoms with Crippen molar-refractivity contribution >= 4 is 46.0 Å². The average molecular weight is 503 g/mol. The van der Waals surface area contributed by atoms with Gasteiger partial charge in [-0.25, -0.2) is 0 Å². The zero-order chi connectivity index (χ0) is 25.8. The molecule has 0 radical (unpaired) electrons. The third-order valence-corrected chi connectivity index (χ3v) is 7.14. The Balaban J connectivity index is 1.74. The number of nitrogens with one attached hydrogen (secondary N) is 4. The van der Waals surface area contributed by atoms with E-state index in [9.17, 15) is 9.90 Å². The predicted molar refractivity (Wildman–Crippen MR) is 147 cm³/mol. The second kappa shape index (κ2) is 10.7. The summed E-state index contributed by atoms with van der Waals surface area (Å²) >= 11 is 1.59. The van der Waals surface area contributed by atoms with Crippen molar-refractivity contribution < 1.29 is 9.90 Å². The van der Waals surface area contributed by atoms with Gasteiger partial charge < -0.3 is 21.6 Å². The molecule has 2 aromatic carbocycles. The van der Waals surface area contributed by atoms with Crippen molar-refractivity contribution in [3.8, 4) is 16.9 Å². The number of benzene rings is 2. The predicted octanol–water partition coefficient (Wildman–Crippen LogP) is 5.21. The summed E-state index contributed by atoms with van der Waals surface area (Å²) in [6.45, 7) is 2.08. The normalized spacial score (nSPS) is 13.4. The van der Waals surface area contributed by atoms with Crippen LogP contribution in [-0.2, 0) is 4.79 Å². The first-order valence-electron chi connectivity index (χ1n) is 11.9. The highest BCUT2D eigenvalue weighted by molar-refractivity contribution is 7.08. The summed E-state index contributed by atoms with van der Waals surface area (Å²) in [6, 6.07) is 12.1. The Morgan fingerprint density at radius 3 is 2.39 bits per heavy atom. The van der Waals surface area contributed by atoms with Crippen LogP contribution >= 0.6 is 11.3 Å². The average Bonchev–Trinajstić information content (AvgIpc) is 3.59. The van der Waals surface area contributed by atoms with Gasteiger partial charge in [0.05, 0.1) is 5.56 Å². The Hall–Kier alpha value is -3.98. The fourth-order valence-electron chi connectivity index (χ4n) is 4.53. The molecule has 0 unspecified atom stereocenters. The van der Waals surface area contributed by atoms with Crippen molar-refractivity contribution in [1.82, 2.24) is 5.32 Å². The van der Waals surface area contributed by atoms with E-state index < -0.39 is 11.7 Å². The summed E-state index contributed by atoms with van der Waals surface area (Å²) < 4.78 is 0. The first-order chi connectivity index (χ1) is 17.3. The van der Waals surface area contributed by atoms with Crippen LogP contribution in [0.2, 0.25) is 0 Å². The number of hydrogen-bond donors (Lipinski definition) is 6. The molecule has 1 aliphatic carbocycles. The Morgan fingerprint density at radius 2 is 1.78 bits per heavy atom. The highest BCUT2D eigenvalue weighted by Crippen LogP contribution is 2.34. The molecule has 186 valence electrons. The van der Waals surface area contributed by atoms with Crippen molar-refractivity contribution in [1.29, 1.82) is 16.2 Å². The smallest absolute Gasteiger partial charge is 0.287 e. The standard InChI is InChI=1S/C27H30N6O2S/c1-2-32-27(35)26(31)33(19-9-7-16(8-10-19)18-11-12-36-15-18)25(30)21-13-20(22(28)14-23(21)34)24(29)17-5-3-4-6-17/h7-15,17,29-31,34H,2-6,28H2,1H3,(H,32,35). The maximum atomic E-state index is 12.6. The highest BCUT2D eigenvalue weighted by atomic mass is 32.1. The molecule has 0 saturated heterocycles. The van der Waals surface area contributed by atoms with E-state index in [1.54, 1.807) is 30.4 Å². The van der Waals surface area contributed by atoms with Crippen LogP contribution in [0.4, 0.5) is 11.4 Å². The van der Waals surface area contributed by atoms with E-state index in [1.165, 1.54) is 17.0 Å². The van der Waals surface area contributed by atoms with E-state index >= 15 is 0 Å². The monoisotopic (exact) mass is 502 g/mol. The van der Waals surface area contributed by atoms with Gasteiger partial charge in [0.1, 0.15) is 11.6 Å². The van der Waals surface area contributed by atoms with Crippen LogP contribution in [0, 0.1) is 22.1 Å². The summed E-state index contributed by atoms with van der Waals surface area (Å²) in [4.78, 5) is 13.8. The molecule has 7 N–H and O–H groups in total. The molecule has 3 aromatic rings. The zero-order valence-electron chi connectivity index (χ0n) is 20.1. The van der Waals surface area contributed by atoms with Gasteiger partial charge >= 0.3 is 0 Å². The van der Waals surface area contributed by atoms with E-state index in [4.69, 9.17) is 22.0 Å². The Labute approximate surface area is 214 Å². The molecule has 1 amide bonds. The molecule has 8 nitrogen and oxygen atoms in total. The number of carbonyl (C=O) groups is 1. The van der Waals surface area contributed by atoms with Gasteiger partial charge in [-0.3, -0.25) is 20.5 Å². The lowest BCUT2D eigenvalue weighted by atomic mass is 9.92. The second-order valence-corrected chi connectivity index (χ2v) is 9.58. The van der Waals surface area contributed by atoms with Gasteiger partial charge in [-0.05, 0) is 65.9 Å². The number of thiophene rings is 1. The number of nitrogens with zero attached hydrogens (tertiary/aromatic N) is 1. The molecule has 1 aromatic heterocycles. The number of amidine groups is 2. The number of amides is 1. The molecule has 1 saturated carbocycles. The number of nitrogen functional groups attached to an aromatic ring is 1. The zero-order valence-corrected chi connectivity index (χ0v) is 20.9. The number of phenolic OH excluding ortho intramolecular Hbond substituents is 1. The number of rotatable bonds is 6. The largest absolute Gasteiger partial charge is 0.507 e. The van der Waals surface area contributed by atoms with Gasteiger partial charge in [0.25, 0.3) is 5.91 Å². The molecule has 0 atom stereocenters. The third-order valence-electron chi connectivity index (χ3n) is 6.46. The van der Waals surface area contributed by atoms with E-state index in [1.807, 2.05) is 29.0 Å². The van der Waals surface area contributed by atoms with Gasteiger partial charge in [-0.2, -0.15) is 11.3 Å². The van der Waals surface area contributed by atoms with Crippen LogP contribution in [0.25, 0.3) is 11.1 Å². The van der Waals surface area contributed by atoms with Crippen LogP contribution in [-0.4, -0.2) is 34.9 Å². The van der Waals surface area contributed by atoms with Crippen molar-refractivity contribution in [3.63, 3.8) is 0 Å². The number of hydrogen-bond acceptors (Lipinski definition) is 7. The van der Waals surface area contributed by atoms with Crippen LogP contribution < -0.4 is 16.0 Å². The SMILES string of the molecule is CCNC(=O)C(=N)N(C(=N)c1cc(C(=N)C2CCCC2)c(N)cc1O)c1ccc(-c2ccsc2)cc1. The van der Waals surface area contributed by atoms with Gasteiger partial charge in [-0.15, -0.1) is 0 Å². The number of carbonyl (C=O) groups excluding carboxylic acids is 1. The maximum absolute atomic E-state index is 12.6. The second-order valence-electron chi connectivity index (χ2n) is 8.80. The minimum Gasteiger partial charge on any atom is -0.507 e. The summed E-state index contributed by atoms with van der Waals surface area (Å²) in [5.74, 6) is -1.50. The number of phenols is 1. The quantitative estimate of drug-likeness (QED) is 0.156. The molecule has 4 rings (SSSR count). The molecule has 0 aliphatic heterocycles. The molecule has 1 fully saturated rings. The molecule has 36 heavy (non-hydrogen) atoms. The topological polar surface area (TPSA) is 150 Å². The molecule has 9 heteroatoms. The number of anilines is 2. The van der Waals surface area contributed by atoms with Gasteiger partial charge in [0, 0.05) is 41.2 Å². The summed E-state index contributed by atoms with van der Waals surface area (Å²) in [5, 5.41) is 43.6. The van der Waals surface area contributed by atoms with Gasteiger partial charge in [0.2, 0.25) is 0 Å². The molecule has 1 heterocycles. The highest BCUT2D eigenvalue weighted by Gasteiger charge is 2.28. The van der Waals surface area contributed by atoms with E-state index in [-0.39, 0.29) is 28.8 Å². The maximum Gasteiger partial charge on any atom is 0.287 e. The van der Waals surface area contributed by atoms with Crippen molar-refractivity contribution in [2.24, 2.45) is 5.92 Å². The van der Waals surface area contributed by atoms with Crippen molar-refractivity contribution in [2.45, 2.75) is 32.6 Å².